The zero-order chi connectivity index (χ0) is 26.6. The van der Waals surface area contributed by atoms with E-state index in [0.717, 1.165) is 80.5 Å². The van der Waals surface area contributed by atoms with Gasteiger partial charge < -0.3 is 24.8 Å². The van der Waals surface area contributed by atoms with E-state index >= 15 is 0 Å². The Hall–Kier alpha value is -3.32. The maximum Gasteiger partial charge on any atom is 0.267 e. The standard InChI is InChI=1S/C31H40N4O3/c1-21(2)18-22-4-6-23(7-5-22)31(37)35-16-12-26(13-17-35)34-14-10-25(11-15-34)32-30(36)29-19-24-8-9-27(38-3)20-28(24)33-29/h4-9,19-21,25-26,33H,10-18H2,1-3H3,(H,32,36). The van der Waals surface area contributed by atoms with Gasteiger partial charge in [0, 0.05) is 60.8 Å². The molecule has 0 radical (unpaired) electrons. The van der Waals surface area contributed by atoms with Crippen LogP contribution in [-0.2, 0) is 6.42 Å². The number of aromatic amines is 1. The Labute approximate surface area is 225 Å². The molecule has 0 unspecified atom stereocenters. The van der Waals surface area contributed by atoms with Crippen molar-refractivity contribution < 1.29 is 14.3 Å². The summed E-state index contributed by atoms with van der Waals surface area (Å²) in [6, 6.07) is 16.5. The Kier molecular flexibility index (Phi) is 8.03. The molecule has 0 atom stereocenters. The average Bonchev–Trinajstić information content (AvgIpc) is 3.37. The number of H-pyrrole nitrogens is 1. The first-order valence-corrected chi connectivity index (χ1v) is 14.0. The molecule has 7 heteroatoms. The number of hydrogen-bond donors (Lipinski definition) is 2. The Morgan fingerprint density at radius 3 is 2.34 bits per heavy atom. The lowest BCUT2D eigenvalue weighted by atomic mass is 9.97. The fourth-order valence-electron chi connectivity index (χ4n) is 5.90. The van der Waals surface area contributed by atoms with Gasteiger partial charge in [-0.15, -0.1) is 0 Å². The second kappa shape index (κ2) is 11.6. The number of hydrogen-bond acceptors (Lipinski definition) is 4. The minimum atomic E-state index is -0.0531. The Morgan fingerprint density at radius 1 is 0.974 bits per heavy atom. The minimum Gasteiger partial charge on any atom is -0.497 e. The molecule has 1 aromatic heterocycles. The summed E-state index contributed by atoms with van der Waals surface area (Å²) in [4.78, 5) is 33.7. The molecule has 2 fully saturated rings. The highest BCUT2D eigenvalue weighted by Gasteiger charge is 2.30. The number of piperidine rings is 2. The van der Waals surface area contributed by atoms with E-state index in [1.807, 2.05) is 41.3 Å². The Bertz CT molecular complexity index is 1250. The van der Waals surface area contributed by atoms with Crippen molar-refractivity contribution in [2.75, 3.05) is 33.3 Å². The van der Waals surface area contributed by atoms with Crippen LogP contribution in [-0.4, -0.2) is 72.0 Å². The van der Waals surface area contributed by atoms with Crippen molar-refractivity contribution in [1.82, 2.24) is 20.1 Å². The number of ether oxygens (including phenoxy) is 1. The van der Waals surface area contributed by atoms with E-state index < -0.39 is 0 Å². The zero-order valence-corrected chi connectivity index (χ0v) is 22.8. The van der Waals surface area contributed by atoms with Crippen molar-refractivity contribution in [2.24, 2.45) is 5.92 Å². The maximum absolute atomic E-state index is 13.0. The number of nitrogens with one attached hydrogen (secondary N) is 2. The smallest absolute Gasteiger partial charge is 0.267 e. The second-order valence-corrected chi connectivity index (χ2v) is 11.2. The van der Waals surface area contributed by atoms with Crippen LogP contribution in [0.5, 0.6) is 5.75 Å². The molecule has 2 amide bonds. The number of aromatic nitrogens is 1. The summed E-state index contributed by atoms with van der Waals surface area (Å²) in [5.74, 6) is 1.48. The van der Waals surface area contributed by atoms with E-state index in [9.17, 15) is 9.59 Å². The highest BCUT2D eigenvalue weighted by molar-refractivity contribution is 5.98. The first-order chi connectivity index (χ1) is 18.4. The van der Waals surface area contributed by atoms with Gasteiger partial charge in [0.1, 0.15) is 11.4 Å². The molecule has 2 aliphatic rings. The Balaban J connectivity index is 1.07. The van der Waals surface area contributed by atoms with Crippen molar-refractivity contribution in [1.29, 1.82) is 0 Å². The third-order valence-electron chi connectivity index (χ3n) is 8.05. The molecule has 202 valence electrons. The normalized spacial score (nSPS) is 17.7. The molecular weight excluding hydrogens is 476 g/mol. The number of benzene rings is 2. The van der Waals surface area contributed by atoms with Gasteiger partial charge in [-0.05, 0) is 73.9 Å². The van der Waals surface area contributed by atoms with Crippen LogP contribution in [0.1, 0.15) is 65.9 Å². The molecule has 2 N–H and O–H groups in total. The number of rotatable bonds is 7. The van der Waals surface area contributed by atoms with E-state index in [1.165, 1.54) is 5.56 Å². The molecule has 0 bridgehead atoms. The Morgan fingerprint density at radius 2 is 1.68 bits per heavy atom. The van der Waals surface area contributed by atoms with Crippen LogP contribution >= 0.6 is 0 Å². The van der Waals surface area contributed by atoms with Crippen LogP contribution in [0.4, 0.5) is 0 Å². The fourth-order valence-corrected chi connectivity index (χ4v) is 5.90. The summed E-state index contributed by atoms with van der Waals surface area (Å²) in [7, 11) is 1.64. The molecule has 0 saturated carbocycles. The topological polar surface area (TPSA) is 77.7 Å². The second-order valence-electron chi connectivity index (χ2n) is 11.2. The number of amides is 2. The van der Waals surface area contributed by atoms with Gasteiger partial charge >= 0.3 is 0 Å². The molecular formula is C31H40N4O3. The highest BCUT2D eigenvalue weighted by Crippen LogP contribution is 2.24. The van der Waals surface area contributed by atoms with E-state index in [2.05, 4.69) is 41.2 Å². The van der Waals surface area contributed by atoms with E-state index in [-0.39, 0.29) is 17.9 Å². The lowest BCUT2D eigenvalue weighted by Crippen LogP contribution is -2.51. The number of carbonyl (C=O) groups excluding carboxylic acids is 2. The first kappa shape index (κ1) is 26.3. The van der Waals surface area contributed by atoms with Gasteiger partial charge in [0.15, 0.2) is 0 Å². The number of carbonyl (C=O) groups is 2. The largest absolute Gasteiger partial charge is 0.497 e. The van der Waals surface area contributed by atoms with Gasteiger partial charge in [-0.25, -0.2) is 0 Å². The third kappa shape index (κ3) is 6.04. The zero-order valence-electron chi connectivity index (χ0n) is 22.8. The molecule has 38 heavy (non-hydrogen) atoms. The maximum atomic E-state index is 13.0. The molecule has 0 aliphatic carbocycles. The lowest BCUT2D eigenvalue weighted by molar-refractivity contribution is 0.0566. The van der Waals surface area contributed by atoms with Gasteiger partial charge in [-0.2, -0.15) is 0 Å². The quantitative estimate of drug-likeness (QED) is 0.470. The van der Waals surface area contributed by atoms with Crippen LogP contribution < -0.4 is 10.1 Å². The predicted molar refractivity (Wildman–Crippen MR) is 151 cm³/mol. The van der Waals surface area contributed by atoms with Gasteiger partial charge in [0.25, 0.3) is 11.8 Å². The molecule has 7 nitrogen and oxygen atoms in total. The monoisotopic (exact) mass is 516 g/mol. The van der Waals surface area contributed by atoms with Gasteiger partial charge in [-0.3, -0.25) is 9.59 Å². The fraction of sp³-hybridized carbons (Fsp3) is 0.484. The molecule has 2 saturated heterocycles. The van der Waals surface area contributed by atoms with Crippen LogP contribution in [0.2, 0.25) is 0 Å². The van der Waals surface area contributed by atoms with Crippen molar-refractivity contribution in [3.63, 3.8) is 0 Å². The summed E-state index contributed by atoms with van der Waals surface area (Å²) >= 11 is 0. The van der Waals surface area contributed by atoms with Crippen molar-refractivity contribution >= 4 is 22.7 Å². The molecule has 3 heterocycles. The molecule has 3 aromatic rings. The molecule has 2 aromatic carbocycles. The van der Waals surface area contributed by atoms with Crippen molar-refractivity contribution in [2.45, 2.75) is 58.0 Å². The van der Waals surface area contributed by atoms with Crippen LogP contribution in [0.3, 0.4) is 0 Å². The number of likely N-dealkylation sites (tertiary alicyclic amines) is 2. The number of methoxy groups -OCH3 is 1. The third-order valence-corrected chi connectivity index (χ3v) is 8.05. The summed E-state index contributed by atoms with van der Waals surface area (Å²) in [6.07, 6.45) is 4.95. The van der Waals surface area contributed by atoms with Crippen LogP contribution in [0.25, 0.3) is 10.9 Å². The predicted octanol–water partition coefficient (Wildman–Crippen LogP) is 4.87. The van der Waals surface area contributed by atoms with Crippen molar-refractivity contribution in [3.05, 3.63) is 65.4 Å². The summed E-state index contributed by atoms with van der Waals surface area (Å²) < 4.78 is 5.28. The highest BCUT2D eigenvalue weighted by atomic mass is 16.5. The summed E-state index contributed by atoms with van der Waals surface area (Å²) in [6.45, 7) is 7.99. The lowest BCUT2D eigenvalue weighted by Gasteiger charge is -2.42. The van der Waals surface area contributed by atoms with Crippen LogP contribution in [0.15, 0.2) is 48.5 Å². The minimum absolute atomic E-state index is 0.0531. The average molecular weight is 517 g/mol. The van der Waals surface area contributed by atoms with Gasteiger partial charge in [0.2, 0.25) is 0 Å². The van der Waals surface area contributed by atoms with Gasteiger partial charge in [0.05, 0.1) is 7.11 Å². The molecule has 5 rings (SSSR count). The molecule has 0 spiro atoms. The molecule has 2 aliphatic heterocycles. The van der Waals surface area contributed by atoms with E-state index in [4.69, 9.17) is 4.74 Å². The van der Waals surface area contributed by atoms with Crippen molar-refractivity contribution in [3.8, 4) is 5.75 Å². The van der Waals surface area contributed by atoms with Crippen LogP contribution in [0, 0.1) is 5.92 Å². The van der Waals surface area contributed by atoms with Gasteiger partial charge in [-0.1, -0.05) is 26.0 Å². The first-order valence-electron chi connectivity index (χ1n) is 14.0. The number of fused-ring (bicyclic) bond motifs is 1. The number of nitrogens with zero attached hydrogens (tertiary/aromatic N) is 2. The summed E-state index contributed by atoms with van der Waals surface area (Å²) in [5.41, 5.74) is 3.57. The van der Waals surface area contributed by atoms with E-state index in [0.29, 0.717) is 17.7 Å². The summed E-state index contributed by atoms with van der Waals surface area (Å²) in [5, 5.41) is 4.22. The van der Waals surface area contributed by atoms with E-state index in [1.54, 1.807) is 7.11 Å². The SMILES string of the molecule is COc1ccc2cc(C(=O)NC3CCN(C4CCN(C(=O)c5ccc(CC(C)C)cc5)CC4)CC3)[nH]c2c1.